The van der Waals surface area contributed by atoms with Crippen LogP contribution in [0.4, 0.5) is 0 Å². The zero-order chi connectivity index (χ0) is 20.0. The fraction of sp³-hybridized carbons (Fsp3) is 0.458. The molecule has 5 heteroatoms. The van der Waals surface area contributed by atoms with Crippen LogP contribution >= 0.6 is 11.6 Å². The summed E-state index contributed by atoms with van der Waals surface area (Å²) in [5.41, 5.74) is 4.72. The third-order valence-corrected chi connectivity index (χ3v) is 7.11. The highest BCUT2D eigenvalue weighted by Crippen LogP contribution is 2.47. The summed E-state index contributed by atoms with van der Waals surface area (Å²) in [6.07, 6.45) is 9.92. The third kappa shape index (κ3) is 3.53. The molecule has 0 spiro atoms. The summed E-state index contributed by atoms with van der Waals surface area (Å²) in [4.78, 5) is 4.31. The number of halogens is 1. The van der Waals surface area contributed by atoms with Gasteiger partial charge in [0.15, 0.2) is 0 Å². The molecule has 0 saturated heterocycles. The van der Waals surface area contributed by atoms with Gasteiger partial charge in [-0.15, -0.1) is 0 Å². The Labute approximate surface area is 176 Å². The van der Waals surface area contributed by atoms with Gasteiger partial charge in [-0.2, -0.15) is 0 Å². The van der Waals surface area contributed by atoms with Gasteiger partial charge in [0.1, 0.15) is 5.75 Å². The Kier molecular flexibility index (Phi) is 5.00. The maximum absolute atomic E-state index is 11.4. The highest BCUT2D eigenvalue weighted by molar-refractivity contribution is 6.32. The first-order chi connectivity index (χ1) is 14.2. The summed E-state index contributed by atoms with van der Waals surface area (Å²) in [7, 11) is 1.64. The second-order valence-corrected chi connectivity index (χ2v) is 8.99. The van der Waals surface area contributed by atoms with E-state index in [4.69, 9.17) is 16.3 Å². The standard InChI is InChI=1S/C24H27ClN2O2/c1-29-22-11-8-18(12-21(22)25)15-2-6-17(7-3-15)24(28)23-20(16-4-5-16)10-9-19-13-26-14-27(19)23/h8-17,24,28H,2-7H2,1H3. The molecule has 1 unspecified atom stereocenters. The summed E-state index contributed by atoms with van der Waals surface area (Å²) in [5.74, 6) is 2.10. The Morgan fingerprint density at radius 1 is 1.07 bits per heavy atom. The van der Waals surface area contributed by atoms with Gasteiger partial charge >= 0.3 is 0 Å². The molecule has 0 aliphatic heterocycles. The lowest BCUT2D eigenvalue weighted by molar-refractivity contribution is 0.0754. The van der Waals surface area contributed by atoms with Crippen LogP contribution in [0.15, 0.2) is 42.9 Å². The predicted octanol–water partition coefficient (Wildman–Crippen LogP) is 5.88. The van der Waals surface area contributed by atoms with E-state index in [1.54, 1.807) is 7.11 Å². The van der Waals surface area contributed by atoms with E-state index < -0.39 is 6.10 Å². The van der Waals surface area contributed by atoms with E-state index in [1.807, 2.05) is 24.7 Å². The molecule has 0 amide bonds. The zero-order valence-electron chi connectivity index (χ0n) is 16.7. The van der Waals surface area contributed by atoms with Crippen molar-refractivity contribution in [3.05, 3.63) is 64.7 Å². The van der Waals surface area contributed by atoms with E-state index in [2.05, 4.69) is 27.6 Å². The number of benzene rings is 1. The van der Waals surface area contributed by atoms with Crippen molar-refractivity contribution in [1.82, 2.24) is 9.38 Å². The van der Waals surface area contributed by atoms with Crippen molar-refractivity contribution in [3.8, 4) is 5.75 Å². The van der Waals surface area contributed by atoms with Gasteiger partial charge in [0.05, 0.1) is 42.0 Å². The van der Waals surface area contributed by atoms with Gasteiger partial charge in [0.2, 0.25) is 0 Å². The Hall–Kier alpha value is -2.04. The molecule has 2 aromatic heterocycles. The molecule has 0 radical (unpaired) electrons. The maximum atomic E-state index is 11.4. The Morgan fingerprint density at radius 2 is 1.83 bits per heavy atom. The monoisotopic (exact) mass is 410 g/mol. The molecular formula is C24H27ClN2O2. The molecule has 2 aliphatic rings. The van der Waals surface area contributed by atoms with Crippen LogP contribution in [0.25, 0.3) is 5.52 Å². The number of aromatic nitrogens is 2. The molecule has 2 saturated carbocycles. The van der Waals surface area contributed by atoms with E-state index in [9.17, 15) is 5.11 Å². The van der Waals surface area contributed by atoms with Crippen LogP contribution < -0.4 is 4.74 Å². The van der Waals surface area contributed by atoms with Crippen molar-refractivity contribution in [3.63, 3.8) is 0 Å². The topological polar surface area (TPSA) is 46.8 Å². The zero-order valence-corrected chi connectivity index (χ0v) is 17.5. The van der Waals surface area contributed by atoms with Gasteiger partial charge in [-0.05, 0) is 85.6 Å². The Balaban J connectivity index is 1.35. The van der Waals surface area contributed by atoms with E-state index in [1.165, 1.54) is 24.0 Å². The predicted molar refractivity (Wildman–Crippen MR) is 115 cm³/mol. The molecule has 2 aliphatic carbocycles. The van der Waals surface area contributed by atoms with E-state index in [0.29, 0.717) is 16.9 Å². The second-order valence-electron chi connectivity index (χ2n) is 8.59. The number of imidazole rings is 1. The molecule has 1 atom stereocenters. The van der Waals surface area contributed by atoms with Crippen molar-refractivity contribution in [2.75, 3.05) is 7.11 Å². The highest BCUT2D eigenvalue weighted by Gasteiger charge is 2.34. The average Bonchev–Trinajstić information content (AvgIpc) is 3.49. The van der Waals surface area contributed by atoms with Crippen molar-refractivity contribution >= 4 is 17.1 Å². The van der Waals surface area contributed by atoms with Crippen LogP contribution in [0.5, 0.6) is 5.75 Å². The number of pyridine rings is 1. The van der Waals surface area contributed by atoms with Crippen LogP contribution in [-0.4, -0.2) is 21.6 Å². The lowest BCUT2D eigenvalue weighted by Gasteiger charge is -2.33. The molecule has 4 nitrogen and oxygen atoms in total. The maximum Gasteiger partial charge on any atom is 0.137 e. The molecule has 1 aromatic carbocycles. The van der Waals surface area contributed by atoms with Gasteiger partial charge in [-0.3, -0.25) is 0 Å². The lowest BCUT2D eigenvalue weighted by atomic mass is 9.75. The normalized spacial score (nSPS) is 23.3. The van der Waals surface area contributed by atoms with Crippen molar-refractivity contribution in [2.24, 2.45) is 5.92 Å². The minimum atomic E-state index is -0.441. The Bertz CT molecular complexity index is 1020. The van der Waals surface area contributed by atoms with E-state index in [0.717, 1.165) is 42.6 Å². The van der Waals surface area contributed by atoms with Gasteiger partial charge in [0.25, 0.3) is 0 Å². The largest absolute Gasteiger partial charge is 0.495 e. The quantitative estimate of drug-likeness (QED) is 0.571. The summed E-state index contributed by atoms with van der Waals surface area (Å²) in [6, 6.07) is 10.5. The smallest absolute Gasteiger partial charge is 0.137 e. The number of nitrogens with zero attached hydrogens (tertiary/aromatic N) is 2. The minimum Gasteiger partial charge on any atom is -0.495 e. The van der Waals surface area contributed by atoms with Crippen LogP contribution in [0.1, 0.15) is 73.3 Å². The first-order valence-electron chi connectivity index (χ1n) is 10.6. The van der Waals surface area contributed by atoms with Crippen LogP contribution in [0.2, 0.25) is 5.02 Å². The molecule has 5 rings (SSSR count). The first-order valence-corrected chi connectivity index (χ1v) is 11.0. The number of hydrogen-bond acceptors (Lipinski definition) is 3. The molecule has 2 fully saturated rings. The number of methoxy groups -OCH3 is 1. The number of ether oxygens (including phenoxy) is 1. The third-order valence-electron chi connectivity index (χ3n) is 6.82. The van der Waals surface area contributed by atoms with Gasteiger partial charge < -0.3 is 14.2 Å². The SMILES string of the molecule is COc1ccc(C2CCC(C(O)c3c(C4CC4)ccc4cncn34)CC2)cc1Cl. The number of aliphatic hydroxyl groups excluding tert-OH is 1. The summed E-state index contributed by atoms with van der Waals surface area (Å²) >= 11 is 6.33. The van der Waals surface area contributed by atoms with Gasteiger partial charge in [0, 0.05) is 0 Å². The van der Waals surface area contributed by atoms with Crippen molar-refractivity contribution < 1.29 is 9.84 Å². The van der Waals surface area contributed by atoms with Gasteiger partial charge in [-0.1, -0.05) is 23.7 Å². The van der Waals surface area contributed by atoms with Crippen molar-refractivity contribution in [2.45, 2.75) is 56.5 Å². The van der Waals surface area contributed by atoms with Crippen LogP contribution in [-0.2, 0) is 0 Å². The lowest BCUT2D eigenvalue weighted by Crippen LogP contribution is -2.22. The summed E-state index contributed by atoms with van der Waals surface area (Å²) < 4.78 is 7.38. The number of rotatable bonds is 5. The summed E-state index contributed by atoms with van der Waals surface area (Å²) in [5, 5.41) is 12.1. The molecule has 29 heavy (non-hydrogen) atoms. The van der Waals surface area contributed by atoms with Gasteiger partial charge in [-0.25, -0.2) is 4.98 Å². The second kappa shape index (κ2) is 7.66. The average molecular weight is 411 g/mol. The number of aliphatic hydroxyl groups is 1. The van der Waals surface area contributed by atoms with Crippen molar-refractivity contribution in [1.29, 1.82) is 0 Å². The molecule has 1 N–H and O–H groups in total. The highest BCUT2D eigenvalue weighted by atomic mass is 35.5. The number of fused-ring (bicyclic) bond motifs is 1. The van der Waals surface area contributed by atoms with E-state index >= 15 is 0 Å². The molecular weight excluding hydrogens is 384 g/mol. The first kappa shape index (κ1) is 19.0. The molecule has 152 valence electrons. The van der Waals surface area contributed by atoms with Crippen LogP contribution in [0, 0.1) is 5.92 Å². The Morgan fingerprint density at radius 3 is 2.52 bits per heavy atom. The van der Waals surface area contributed by atoms with Crippen LogP contribution in [0.3, 0.4) is 0 Å². The van der Waals surface area contributed by atoms with E-state index in [-0.39, 0.29) is 5.92 Å². The molecule has 2 heterocycles. The molecule has 3 aromatic rings. The minimum absolute atomic E-state index is 0.283. The number of hydrogen-bond donors (Lipinski definition) is 1. The fourth-order valence-electron chi connectivity index (χ4n) is 5.01. The fourth-order valence-corrected chi connectivity index (χ4v) is 5.28. The summed E-state index contributed by atoms with van der Waals surface area (Å²) in [6.45, 7) is 0. The molecule has 0 bridgehead atoms.